The molecule has 2 bridgehead atoms. The van der Waals surface area contributed by atoms with Gasteiger partial charge in [0, 0.05) is 50.0 Å². The van der Waals surface area contributed by atoms with Crippen molar-refractivity contribution in [2.24, 2.45) is 5.41 Å². The number of hydrogen-bond acceptors (Lipinski definition) is 10. The van der Waals surface area contributed by atoms with Crippen LogP contribution >= 0.6 is 0 Å². The molecule has 2 aromatic rings. The van der Waals surface area contributed by atoms with Gasteiger partial charge in [0.15, 0.2) is 5.82 Å². The lowest BCUT2D eigenvalue weighted by atomic mass is 9.69. The molecule has 6 rings (SSSR count). The van der Waals surface area contributed by atoms with E-state index in [1.165, 1.54) is 11.0 Å². The number of rotatable bonds is 5. The van der Waals surface area contributed by atoms with Gasteiger partial charge in [-0.05, 0) is 49.7 Å². The van der Waals surface area contributed by atoms with Gasteiger partial charge in [0.05, 0.1) is 22.8 Å². The molecular formula is C24H30N8O4. The van der Waals surface area contributed by atoms with Crippen molar-refractivity contribution < 1.29 is 19.4 Å². The average Bonchev–Trinajstić information content (AvgIpc) is 3.57. The van der Waals surface area contributed by atoms with Crippen LogP contribution in [0.1, 0.15) is 37.9 Å². The molecule has 0 saturated carbocycles. The van der Waals surface area contributed by atoms with Gasteiger partial charge in [-0.25, -0.2) is 9.78 Å². The highest BCUT2D eigenvalue weighted by atomic mass is 16.5. The fourth-order valence-corrected chi connectivity index (χ4v) is 6.46. The van der Waals surface area contributed by atoms with E-state index in [1.54, 1.807) is 24.1 Å². The molecule has 0 aliphatic carbocycles. The van der Waals surface area contributed by atoms with E-state index in [2.05, 4.69) is 37.4 Å². The van der Waals surface area contributed by atoms with Gasteiger partial charge in [-0.3, -0.25) is 9.69 Å². The zero-order valence-corrected chi connectivity index (χ0v) is 20.4. The van der Waals surface area contributed by atoms with Gasteiger partial charge in [-0.1, -0.05) is 6.07 Å². The molecule has 36 heavy (non-hydrogen) atoms. The normalized spacial score (nSPS) is 29.9. The first-order valence-electron chi connectivity index (χ1n) is 12.4. The number of carbonyl (C=O) groups excluding carboxylic acids is 2. The number of fused-ring (bicyclic) bond motifs is 2. The second-order valence-electron chi connectivity index (χ2n) is 10.5. The number of esters is 1. The summed E-state index contributed by atoms with van der Waals surface area (Å²) in [5.41, 5.74) is 1.57. The molecule has 4 aliphatic rings. The summed E-state index contributed by atoms with van der Waals surface area (Å²) in [4.78, 5) is 36.5. The summed E-state index contributed by atoms with van der Waals surface area (Å²) in [6, 6.07) is 3.95. The lowest BCUT2D eigenvalue weighted by molar-refractivity contribution is -0.144. The number of amides is 1. The third-order valence-corrected chi connectivity index (χ3v) is 8.28. The van der Waals surface area contributed by atoms with E-state index in [4.69, 9.17) is 4.74 Å². The molecule has 0 unspecified atom stereocenters. The molecule has 0 aromatic carbocycles. The van der Waals surface area contributed by atoms with Crippen LogP contribution in [0.5, 0.6) is 0 Å². The van der Waals surface area contributed by atoms with Crippen molar-refractivity contribution in [3.05, 3.63) is 41.5 Å². The first kappa shape index (κ1) is 23.2. The number of cyclic esters (lactones) is 1. The van der Waals surface area contributed by atoms with Crippen molar-refractivity contribution in [3.63, 3.8) is 0 Å². The Bertz CT molecular complexity index is 1180. The van der Waals surface area contributed by atoms with Gasteiger partial charge < -0.3 is 19.6 Å². The Morgan fingerprint density at radius 2 is 2.00 bits per heavy atom. The summed E-state index contributed by atoms with van der Waals surface area (Å²) in [5, 5.41) is 22.2. The Morgan fingerprint density at radius 1 is 1.22 bits per heavy atom. The highest BCUT2D eigenvalue weighted by Crippen LogP contribution is 2.49. The fourth-order valence-electron chi connectivity index (χ4n) is 6.46. The standard InChI is InChI=1S/C24H30N8O4/c1-15-19(13-36-22(15)34)30-6-5-24(23(30)35)7-17-10-29(2)11-18(8-24)31(17)12-20(33)16-3-4-21(25-9-16)32-14-26-27-28-32/h3-4,9,14,17-18,20,33H,5-8,10-13H2,1-2H3/t17-,18-,20+/m1/s1. The third kappa shape index (κ3) is 3.80. The second-order valence-corrected chi connectivity index (χ2v) is 10.5. The van der Waals surface area contributed by atoms with E-state index in [9.17, 15) is 14.7 Å². The lowest BCUT2D eigenvalue weighted by Crippen LogP contribution is -2.65. The summed E-state index contributed by atoms with van der Waals surface area (Å²) >= 11 is 0. The van der Waals surface area contributed by atoms with E-state index in [-0.39, 0.29) is 30.6 Å². The number of piperidine rings is 1. The van der Waals surface area contributed by atoms with Crippen LogP contribution < -0.4 is 0 Å². The molecule has 190 valence electrons. The molecule has 12 nitrogen and oxygen atoms in total. The van der Waals surface area contributed by atoms with Crippen LogP contribution in [0.25, 0.3) is 5.82 Å². The van der Waals surface area contributed by atoms with Gasteiger partial charge in [0.25, 0.3) is 0 Å². The largest absolute Gasteiger partial charge is 0.456 e. The van der Waals surface area contributed by atoms with Gasteiger partial charge in [0.2, 0.25) is 5.91 Å². The number of hydrogen-bond donors (Lipinski definition) is 1. The fraction of sp³-hybridized carbons (Fsp3) is 0.583. The predicted octanol–water partition coefficient (Wildman–Crippen LogP) is -0.0814. The molecule has 2 aromatic heterocycles. The number of carbonyl (C=O) groups is 2. The quantitative estimate of drug-likeness (QED) is 0.563. The minimum atomic E-state index is -0.701. The van der Waals surface area contributed by atoms with Gasteiger partial charge in [0.1, 0.15) is 12.9 Å². The summed E-state index contributed by atoms with van der Waals surface area (Å²) in [5.74, 6) is 0.372. The van der Waals surface area contributed by atoms with Crippen LogP contribution in [0.15, 0.2) is 35.9 Å². The minimum absolute atomic E-state index is 0.122. The maximum atomic E-state index is 13.7. The Kier molecular flexibility index (Phi) is 5.61. The first-order chi connectivity index (χ1) is 17.3. The van der Waals surface area contributed by atoms with Crippen LogP contribution in [0, 0.1) is 5.41 Å². The number of tetrazole rings is 1. The van der Waals surface area contributed by atoms with Crippen LogP contribution in [-0.4, -0.2) is 109 Å². The molecule has 3 saturated heterocycles. The molecule has 1 N–H and O–H groups in total. The Morgan fingerprint density at radius 3 is 2.61 bits per heavy atom. The number of nitrogens with zero attached hydrogens (tertiary/aromatic N) is 8. The molecule has 0 radical (unpaired) electrons. The lowest BCUT2D eigenvalue weighted by Gasteiger charge is -2.54. The molecule has 12 heteroatoms. The molecule has 6 heterocycles. The summed E-state index contributed by atoms with van der Waals surface area (Å²) in [6.07, 6.45) is 4.70. The number of likely N-dealkylation sites (tertiary alicyclic amines) is 2. The van der Waals surface area contributed by atoms with Gasteiger partial charge in [-0.2, -0.15) is 4.68 Å². The highest BCUT2D eigenvalue weighted by molar-refractivity contribution is 5.94. The number of ether oxygens (including phenoxy) is 1. The zero-order chi connectivity index (χ0) is 25.0. The van der Waals surface area contributed by atoms with Crippen molar-refractivity contribution in [1.82, 2.24) is 39.9 Å². The molecule has 1 spiro atoms. The van der Waals surface area contributed by atoms with Crippen molar-refractivity contribution in [2.75, 3.05) is 39.8 Å². The van der Waals surface area contributed by atoms with E-state index in [0.717, 1.165) is 43.6 Å². The molecule has 3 fully saturated rings. The van der Waals surface area contributed by atoms with Crippen molar-refractivity contribution in [3.8, 4) is 5.82 Å². The molecule has 1 amide bonds. The van der Waals surface area contributed by atoms with E-state index in [1.807, 2.05) is 6.07 Å². The SMILES string of the molecule is CC1=C(N2CCC3(C[C@@H]4CN(C)C[C@@H](C3)N4C[C@H](O)c3ccc(-n4cnnn4)nc3)C2=O)COC1=O. The Balaban J connectivity index is 1.18. The summed E-state index contributed by atoms with van der Waals surface area (Å²) < 4.78 is 6.63. The van der Waals surface area contributed by atoms with E-state index >= 15 is 0 Å². The number of pyridine rings is 1. The zero-order valence-electron chi connectivity index (χ0n) is 20.4. The molecule has 4 aliphatic heterocycles. The summed E-state index contributed by atoms with van der Waals surface area (Å²) in [6.45, 7) is 4.71. The minimum Gasteiger partial charge on any atom is -0.456 e. The van der Waals surface area contributed by atoms with E-state index < -0.39 is 11.5 Å². The van der Waals surface area contributed by atoms with Crippen molar-refractivity contribution in [1.29, 1.82) is 0 Å². The average molecular weight is 495 g/mol. The predicted molar refractivity (Wildman–Crippen MR) is 125 cm³/mol. The smallest absolute Gasteiger partial charge is 0.336 e. The van der Waals surface area contributed by atoms with Gasteiger partial charge >= 0.3 is 5.97 Å². The van der Waals surface area contributed by atoms with Crippen molar-refractivity contribution in [2.45, 2.75) is 44.4 Å². The Hall–Kier alpha value is -3.22. The van der Waals surface area contributed by atoms with Crippen LogP contribution in [0.3, 0.4) is 0 Å². The molecular weight excluding hydrogens is 464 g/mol. The number of aliphatic hydroxyl groups excluding tert-OH is 1. The maximum absolute atomic E-state index is 13.7. The van der Waals surface area contributed by atoms with Crippen molar-refractivity contribution >= 4 is 11.9 Å². The van der Waals surface area contributed by atoms with Crippen LogP contribution in [-0.2, 0) is 14.3 Å². The maximum Gasteiger partial charge on any atom is 0.336 e. The first-order valence-corrected chi connectivity index (χ1v) is 12.4. The third-order valence-electron chi connectivity index (χ3n) is 8.28. The second kappa shape index (κ2) is 8.71. The topological polar surface area (TPSA) is 130 Å². The number of aromatic nitrogens is 5. The summed E-state index contributed by atoms with van der Waals surface area (Å²) in [7, 11) is 2.12. The van der Waals surface area contributed by atoms with E-state index in [0.29, 0.717) is 24.5 Å². The number of likely N-dealkylation sites (N-methyl/N-ethyl adjacent to an activating group) is 1. The number of piperazine rings is 1. The van der Waals surface area contributed by atoms with Gasteiger partial charge in [-0.15, -0.1) is 5.10 Å². The monoisotopic (exact) mass is 494 g/mol. The molecule has 3 atom stereocenters. The van der Waals surface area contributed by atoms with Crippen LogP contribution in [0.4, 0.5) is 0 Å². The Labute approximate surface area is 208 Å². The number of aliphatic hydroxyl groups is 1. The van der Waals surface area contributed by atoms with Crippen LogP contribution in [0.2, 0.25) is 0 Å². The highest BCUT2D eigenvalue weighted by Gasteiger charge is 2.56.